The Morgan fingerprint density at radius 1 is 1.29 bits per heavy atom. The first-order chi connectivity index (χ1) is 10.3. The van der Waals surface area contributed by atoms with Gasteiger partial charge in [-0.15, -0.1) is 0 Å². The number of nitrogens with one attached hydrogen (secondary N) is 1. The van der Waals surface area contributed by atoms with Gasteiger partial charge in [-0.25, -0.2) is 9.97 Å². The van der Waals surface area contributed by atoms with E-state index in [1.54, 1.807) is 12.4 Å². The summed E-state index contributed by atoms with van der Waals surface area (Å²) >= 11 is 0. The van der Waals surface area contributed by atoms with E-state index < -0.39 is 0 Å². The molecule has 2 aliphatic rings. The fourth-order valence-electron chi connectivity index (χ4n) is 2.92. The second-order valence-electron chi connectivity index (χ2n) is 5.78. The van der Waals surface area contributed by atoms with Gasteiger partial charge in [-0.05, 0) is 31.2 Å². The number of hydrogen-bond donors (Lipinski definition) is 1. The molecular weight excluding hydrogens is 268 g/mol. The van der Waals surface area contributed by atoms with Crippen molar-refractivity contribution in [3.8, 4) is 0 Å². The molecule has 0 spiro atoms. The van der Waals surface area contributed by atoms with Crippen LogP contribution >= 0.6 is 0 Å². The van der Waals surface area contributed by atoms with Gasteiger partial charge in [0, 0.05) is 38.6 Å². The van der Waals surface area contributed by atoms with Crippen LogP contribution in [0.1, 0.15) is 19.3 Å². The van der Waals surface area contributed by atoms with Crippen molar-refractivity contribution in [3.63, 3.8) is 0 Å². The van der Waals surface area contributed by atoms with Crippen molar-refractivity contribution in [2.24, 2.45) is 11.8 Å². The fourth-order valence-corrected chi connectivity index (χ4v) is 2.92. The molecule has 1 N–H and O–H groups in total. The topological polar surface area (TPSA) is 67.4 Å². The lowest BCUT2D eigenvalue weighted by Crippen LogP contribution is -2.40. The second-order valence-corrected chi connectivity index (χ2v) is 5.78. The standard InChI is InChI=1S/C15H22N4O2/c20-14(13-4-9-21-11-13)18-10-12-2-7-19(8-3-12)15-16-5-1-6-17-15/h1,5-6,12-13H,2-4,7-11H2,(H,18,20). The maximum Gasteiger partial charge on any atom is 0.225 e. The molecule has 1 aromatic heterocycles. The second kappa shape index (κ2) is 6.85. The largest absolute Gasteiger partial charge is 0.381 e. The predicted octanol–water partition coefficient (Wildman–Crippen LogP) is 0.846. The Kier molecular flexibility index (Phi) is 4.65. The number of nitrogens with zero attached hydrogens (tertiary/aromatic N) is 3. The van der Waals surface area contributed by atoms with Crippen LogP contribution in [0.5, 0.6) is 0 Å². The number of amides is 1. The lowest BCUT2D eigenvalue weighted by atomic mass is 9.96. The van der Waals surface area contributed by atoms with Crippen LogP contribution in [0.15, 0.2) is 18.5 Å². The van der Waals surface area contributed by atoms with E-state index in [1.807, 2.05) is 6.07 Å². The molecule has 6 heteroatoms. The summed E-state index contributed by atoms with van der Waals surface area (Å²) in [6, 6.07) is 1.83. The molecule has 1 amide bonds. The minimum absolute atomic E-state index is 0.0582. The van der Waals surface area contributed by atoms with Gasteiger partial charge in [-0.1, -0.05) is 0 Å². The van der Waals surface area contributed by atoms with Crippen molar-refractivity contribution in [1.29, 1.82) is 0 Å². The molecule has 0 aromatic carbocycles. The van der Waals surface area contributed by atoms with Crippen LogP contribution in [0.4, 0.5) is 5.95 Å². The summed E-state index contributed by atoms with van der Waals surface area (Å²) in [5, 5.41) is 3.08. The van der Waals surface area contributed by atoms with Gasteiger partial charge in [-0.2, -0.15) is 0 Å². The molecule has 0 aliphatic carbocycles. The highest BCUT2D eigenvalue weighted by atomic mass is 16.5. The highest BCUT2D eigenvalue weighted by molar-refractivity contribution is 5.78. The fraction of sp³-hybridized carbons (Fsp3) is 0.667. The monoisotopic (exact) mass is 290 g/mol. The third kappa shape index (κ3) is 3.69. The lowest BCUT2D eigenvalue weighted by molar-refractivity contribution is -0.125. The Morgan fingerprint density at radius 3 is 2.71 bits per heavy atom. The molecule has 2 saturated heterocycles. The normalized spacial score (nSPS) is 23.2. The molecule has 1 unspecified atom stereocenters. The summed E-state index contributed by atoms with van der Waals surface area (Å²) in [7, 11) is 0. The van der Waals surface area contributed by atoms with E-state index in [4.69, 9.17) is 4.74 Å². The molecule has 6 nitrogen and oxygen atoms in total. The number of ether oxygens (including phenoxy) is 1. The van der Waals surface area contributed by atoms with Gasteiger partial charge in [-0.3, -0.25) is 4.79 Å². The first kappa shape index (κ1) is 14.3. The third-order valence-corrected chi connectivity index (χ3v) is 4.31. The zero-order chi connectivity index (χ0) is 14.5. The van der Waals surface area contributed by atoms with Crippen LogP contribution in [0, 0.1) is 11.8 Å². The SMILES string of the molecule is O=C(NCC1CCN(c2ncccn2)CC1)C1CCOC1. The Bertz CT molecular complexity index is 454. The van der Waals surface area contributed by atoms with Crippen molar-refractivity contribution in [1.82, 2.24) is 15.3 Å². The van der Waals surface area contributed by atoms with Gasteiger partial charge in [0.15, 0.2) is 0 Å². The molecule has 2 fully saturated rings. The van der Waals surface area contributed by atoms with E-state index in [-0.39, 0.29) is 11.8 Å². The van der Waals surface area contributed by atoms with Gasteiger partial charge in [0.2, 0.25) is 11.9 Å². The molecular formula is C15H22N4O2. The van der Waals surface area contributed by atoms with Crippen LogP contribution in [0.2, 0.25) is 0 Å². The molecule has 0 bridgehead atoms. The predicted molar refractivity (Wildman–Crippen MR) is 78.9 cm³/mol. The highest BCUT2D eigenvalue weighted by Crippen LogP contribution is 2.20. The summed E-state index contributed by atoms with van der Waals surface area (Å²) in [5.74, 6) is 1.57. The number of piperidine rings is 1. The quantitative estimate of drug-likeness (QED) is 0.890. The van der Waals surface area contributed by atoms with Gasteiger partial charge in [0.1, 0.15) is 0 Å². The van der Waals surface area contributed by atoms with Gasteiger partial charge >= 0.3 is 0 Å². The molecule has 114 valence electrons. The summed E-state index contributed by atoms with van der Waals surface area (Å²) in [4.78, 5) is 22.7. The van der Waals surface area contributed by atoms with Crippen LogP contribution in [-0.2, 0) is 9.53 Å². The number of aromatic nitrogens is 2. The van der Waals surface area contributed by atoms with Gasteiger partial charge < -0.3 is 15.0 Å². The van der Waals surface area contributed by atoms with E-state index in [9.17, 15) is 4.79 Å². The van der Waals surface area contributed by atoms with E-state index in [0.717, 1.165) is 44.8 Å². The van der Waals surface area contributed by atoms with E-state index in [2.05, 4.69) is 20.2 Å². The lowest BCUT2D eigenvalue weighted by Gasteiger charge is -2.32. The van der Waals surface area contributed by atoms with Crippen LogP contribution in [0.3, 0.4) is 0 Å². The molecule has 0 radical (unpaired) electrons. The minimum atomic E-state index is 0.0582. The summed E-state index contributed by atoms with van der Waals surface area (Å²) in [6.45, 7) is 3.98. The molecule has 1 atom stereocenters. The molecule has 3 heterocycles. The van der Waals surface area contributed by atoms with Crippen molar-refractivity contribution >= 4 is 11.9 Å². The smallest absolute Gasteiger partial charge is 0.225 e. The molecule has 1 aromatic rings. The average Bonchev–Trinajstić information content (AvgIpc) is 3.08. The summed E-state index contributed by atoms with van der Waals surface area (Å²) < 4.78 is 5.25. The number of rotatable bonds is 4. The number of carbonyl (C=O) groups excluding carboxylic acids is 1. The molecule has 0 saturated carbocycles. The van der Waals surface area contributed by atoms with Crippen molar-refractivity contribution in [3.05, 3.63) is 18.5 Å². The van der Waals surface area contributed by atoms with Crippen LogP contribution < -0.4 is 10.2 Å². The first-order valence-electron chi connectivity index (χ1n) is 7.70. The van der Waals surface area contributed by atoms with Gasteiger partial charge in [0.05, 0.1) is 12.5 Å². The number of anilines is 1. The Hall–Kier alpha value is -1.69. The summed E-state index contributed by atoms with van der Waals surface area (Å²) in [5.41, 5.74) is 0. The Labute approximate surface area is 124 Å². The Morgan fingerprint density at radius 2 is 2.05 bits per heavy atom. The number of hydrogen-bond acceptors (Lipinski definition) is 5. The molecule has 21 heavy (non-hydrogen) atoms. The highest BCUT2D eigenvalue weighted by Gasteiger charge is 2.25. The van der Waals surface area contributed by atoms with Gasteiger partial charge in [0.25, 0.3) is 0 Å². The van der Waals surface area contributed by atoms with E-state index in [0.29, 0.717) is 19.1 Å². The van der Waals surface area contributed by atoms with E-state index in [1.165, 1.54) is 0 Å². The van der Waals surface area contributed by atoms with Crippen LogP contribution in [-0.4, -0.2) is 48.7 Å². The van der Waals surface area contributed by atoms with Crippen molar-refractivity contribution in [2.75, 3.05) is 37.7 Å². The zero-order valence-corrected chi connectivity index (χ0v) is 12.2. The van der Waals surface area contributed by atoms with Crippen LogP contribution in [0.25, 0.3) is 0 Å². The third-order valence-electron chi connectivity index (χ3n) is 4.31. The summed E-state index contributed by atoms with van der Waals surface area (Å²) in [6.07, 6.45) is 6.55. The maximum absolute atomic E-state index is 12.0. The van der Waals surface area contributed by atoms with Crippen molar-refractivity contribution in [2.45, 2.75) is 19.3 Å². The minimum Gasteiger partial charge on any atom is -0.381 e. The molecule has 2 aliphatic heterocycles. The average molecular weight is 290 g/mol. The van der Waals surface area contributed by atoms with Crippen molar-refractivity contribution < 1.29 is 9.53 Å². The van der Waals surface area contributed by atoms with E-state index >= 15 is 0 Å². The maximum atomic E-state index is 12.0. The molecule has 3 rings (SSSR count). The first-order valence-corrected chi connectivity index (χ1v) is 7.70. The zero-order valence-electron chi connectivity index (χ0n) is 12.2. The number of carbonyl (C=O) groups is 1. The Balaban J connectivity index is 1.40.